The zero-order valence-electron chi connectivity index (χ0n) is 20.1. The Hall–Kier alpha value is -0.780. The monoisotopic (exact) mass is 394 g/mol. The van der Waals surface area contributed by atoms with Crippen LogP contribution < -0.4 is 0 Å². The predicted molar refractivity (Wildman–Crippen MR) is 127 cm³/mol. The molecule has 0 aromatic carbocycles. The molecule has 0 heterocycles. The fourth-order valence-electron chi connectivity index (χ4n) is 8.64. The van der Waals surface area contributed by atoms with Crippen molar-refractivity contribution >= 4 is 0 Å². The molecule has 0 aromatic rings. The van der Waals surface area contributed by atoms with Crippen LogP contribution in [0.15, 0.2) is 35.5 Å². The third-order valence-electron chi connectivity index (χ3n) is 10.4. The zero-order valence-corrected chi connectivity index (χ0v) is 20.1. The largest absolute Gasteiger partial charge is 0.0882 e. The molecule has 0 radical (unpaired) electrons. The first-order chi connectivity index (χ1) is 13.8. The summed E-state index contributed by atoms with van der Waals surface area (Å²) in [7, 11) is 0. The van der Waals surface area contributed by atoms with Gasteiger partial charge < -0.3 is 0 Å². The highest BCUT2D eigenvalue weighted by atomic mass is 14.6. The Morgan fingerprint density at radius 3 is 2.62 bits per heavy atom. The van der Waals surface area contributed by atoms with E-state index >= 15 is 0 Å². The van der Waals surface area contributed by atoms with Crippen molar-refractivity contribution in [2.45, 2.75) is 99.3 Å². The Kier molecular flexibility index (Phi) is 5.95. The van der Waals surface area contributed by atoms with Crippen LogP contribution in [0.2, 0.25) is 0 Å². The molecule has 0 heteroatoms. The van der Waals surface area contributed by atoms with Gasteiger partial charge in [-0.15, -0.1) is 0 Å². The molecule has 4 aliphatic rings. The Bertz CT molecular complexity index is 691. The molecular weight excluding hydrogens is 348 g/mol. The summed E-state index contributed by atoms with van der Waals surface area (Å²) in [5.41, 5.74) is 4.43. The van der Waals surface area contributed by atoms with Crippen LogP contribution in [0.25, 0.3) is 0 Å². The van der Waals surface area contributed by atoms with Crippen molar-refractivity contribution < 1.29 is 0 Å². The van der Waals surface area contributed by atoms with Crippen LogP contribution in [0.5, 0.6) is 0 Å². The minimum Gasteiger partial charge on any atom is -0.0882 e. The number of allylic oxidation sites excluding steroid dienone is 6. The van der Waals surface area contributed by atoms with E-state index in [2.05, 4.69) is 65.8 Å². The van der Waals surface area contributed by atoms with Gasteiger partial charge in [0.15, 0.2) is 0 Å². The van der Waals surface area contributed by atoms with Crippen LogP contribution in [0.4, 0.5) is 0 Å². The summed E-state index contributed by atoms with van der Waals surface area (Å²) in [5, 5.41) is 0. The number of fused-ring (bicyclic) bond motifs is 5. The Labute approximate surface area is 181 Å². The van der Waals surface area contributed by atoms with E-state index in [4.69, 9.17) is 0 Å². The summed E-state index contributed by atoms with van der Waals surface area (Å²) < 4.78 is 0. The Morgan fingerprint density at radius 2 is 1.90 bits per heavy atom. The molecule has 0 bridgehead atoms. The number of rotatable bonds is 5. The molecule has 0 spiro atoms. The van der Waals surface area contributed by atoms with Gasteiger partial charge in [-0.3, -0.25) is 0 Å². The first kappa shape index (κ1) is 21.5. The molecule has 0 aromatic heterocycles. The van der Waals surface area contributed by atoms with Crippen molar-refractivity contribution in [2.75, 3.05) is 0 Å². The van der Waals surface area contributed by atoms with Gasteiger partial charge in [-0.2, -0.15) is 0 Å². The summed E-state index contributed by atoms with van der Waals surface area (Å²) in [6.07, 6.45) is 22.6. The third-order valence-corrected chi connectivity index (χ3v) is 10.4. The molecular formula is C29H46. The lowest BCUT2D eigenvalue weighted by Gasteiger charge is -2.57. The van der Waals surface area contributed by atoms with Gasteiger partial charge in [0.05, 0.1) is 0 Å². The molecule has 7 atom stereocenters. The van der Waals surface area contributed by atoms with Gasteiger partial charge in [-0.05, 0) is 117 Å². The van der Waals surface area contributed by atoms with Gasteiger partial charge in [0.1, 0.15) is 0 Å². The summed E-state index contributed by atoms with van der Waals surface area (Å²) >= 11 is 0. The normalized spacial score (nSPS) is 42.9. The molecule has 162 valence electrons. The topological polar surface area (TPSA) is 0 Å². The highest BCUT2D eigenvalue weighted by Crippen LogP contribution is 2.66. The maximum absolute atomic E-state index is 2.71. The molecule has 0 aliphatic heterocycles. The molecule has 2 fully saturated rings. The quantitative estimate of drug-likeness (QED) is 0.409. The first-order valence-electron chi connectivity index (χ1n) is 12.8. The molecule has 0 amide bonds. The van der Waals surface area contributed by atoms with Crippen LogP contribution >= 0.6 is 0 Å². The average molecular weight is 395 g/mol. The summed E-state index contributed by atoms with van der Waals surface area (Å²) in [6, 6.07) is 0. The molecule has 4 aliphatic carbocycles. The van der Waals surface area contributed by atoms with Gasteiger partial charge in [-0.25, -0.2) is 0 Å². The van der Waals surface area contributed by atoms with Crippen LogP contribution in [0.1, 0.15) is 99.3 Å². The minimum atomic E-state index is 0.473. The van der Waals surface area contributed by atoms with Crippen molar-refractivity contribution in [1.82, 2.24) is 0 Å². The van der Waals surface area contributed by atoms with Crippen molar-refractivity contribution in [2.24, 2.45) is 46.3 Å². The molecule has 0 unspecified atom stereocenters. The van der Waals surface area contributed by atoms with E-state index in [9.17, 15) is 0 Å². The Balaban J connectivity index is 1.49. The molecule has 4 rings (SSSR count). The van der Waals surface area contributed by atoms with E-state index in [0.717, 1.165) is 29.6 Å². The SMILES string of the molecule is CC=C(CC[C@@H](C)[C@H]1CC[C@H]2[C@@H]3CC=C4C=CCC[C@]4(C)[C@H]3CC[C@]12C)C(C)C. The van der Waals surface area contributed by atoms with Crippen LogP contribution in [-0.2, 0) is 0 Å². The van der Waals surface area contributed by atoms with Crippen LogP contribution in [0.3, 0.4) is 0 Å². The lowest BCUT2D eigenvalue weighted by molar-refractivity contribution is -0.0449. The zero-order chi connectivity index (χ0) is 20.8. The van der Waals surface area contributed by atoms with Crippen molar-refractivity contribution in [3.63, 3.8) is 0 Å². The van der Waals surface area contributed by atoms with E-state index in [1.807, 2.05) is 0 Å². The molecule has 2 saturated carbocycles. The van der Waals surface area contributed by atoms with E-state index in [1.165, 1.54) is 57.8 Å². The highest BCUT2D eigenvalue weighted by molar-refractivity contribution is 5.34. The summed E-state index contributed by atoms with van der Waals surface area (Å²) in [4.78, 5) is 0. The van der Waals surface area contributed by atoms with Crippen molar-refractivity contribution in [3.05, 3.63) is 35.5 Å². The molecule has 0 N–H and O–H groups in total. The van der Waals surface area contributed by atoms with Gasteiger partial charge in [0.2, 0.25) is 0 Å². The van der Waals surface area contributed by atoms with E-state index in [-0.39, 0.29) is 0 Å². The molecule has 0 saturated heterocycles. The van der Waals surface area contributed by atoms with Gasteiger partial charge >= 0.3 is 0 Å². The van der Waals surface area contributed by atoms with Gasteiger partial charge in [0, 0.05) is 0 Å². The second-order valence-corrected chi connectivity index (χ2v) is 11.9. The van der Waals surface area contributed by atoms with E-state index < -0.39 is 0 Å². The summed E-state index contributed by atoms with van der Waals surface area (Å²) in [6.45, 7) is 14.9. The van der Waals surface area contributed by atoms with Crippen LogP contribution in [-0.4, -0.2) is 0 Å². The lowest BCUT2D eigenvalue weighted by Crippen LogP contribution is -2.49. The highest BCUT2D eigenvalue weighted by Gasteiger charge is 2.58. The fourth-order valence-corrected chi connectivity index (χ4v) is 8.64. The second-order valence-electron chi connectivity index (χ2n) is 11.9. The second kappa shape index (κ2) is 8.05. The fraction of sp³-hybridized carbons (Fsp3) is 0.793. The number of hydrogen-bond donors (Lipinski definition) is 0. The maximum atomic E-state index is 2.71. The van der Waals surface area contributed by atoms with E-state index in [0.29, 0.717) is 16.7 Å². The van der Waals surface area contributed by atoms with Gasteiger partial charge in [-0.1, -0.05) is 64.5 Å². The Morgan fingerprint density at radius 1 is 1.10 bits per heavy atom. The first-order valence-corrected chi connectivity index (χ1v) is 12.8. The third kappa shape index (κ3) is 3.51. The standard InChI is InChI=1S/C29H46/c1-7-22(20(2)3)12-11-21(4)25-15-16-26-24-14-13-23-10-8-9-18-28(23,5)27(24)17-19-29(25,26)6/h7-8,10,13,20-21,24-27H,9,11-12,14-19H2,1-6H3/t21-,24+,25-,26+,27+,28+,29-/m1/s1. The van der Waals surface area contributed by atoms with Crippen LogP contribution in [0, 0.1) is 46.3 Å². The van der Waals surface area contributed by atoms with Crippen molar-refractivity contribution in [3.8, 4) is 0 Å². The summed E-state index contributed by atoms with van der Waals surface area (Å²) in [5.74, 6) is 5.40. The predicted octanol–water partition coefficient (Wildman–Crippen LogP) is 8.75. The average Bonchev–Trinajstić information content (AvgIpc) is 3.05. The molecule has 0 nitrogen and oxygen atoms in total. The van der Waals surface area contributed by atoms with E-state index in [1.54, 1.807) is 11.1 Å². The maximum Gasteiger partial charge on any atom is -0.00445 e. The minimum absolute atomic E-state index is 0.473. The number of hydrogen-bond acceptors (Lipinski definition) is 0. The molecule has 29 heavy (non-hydrogen) atoms. The lowest BCUT2D eigenvalue weighted by atomic mass is 9.47. The van der Waals surface area contributed by atoms with Crippen molar-refractivity contribution in [1.29, 1.82) is 0 Å². The smallest absolute Gasteiger partial charge is 0.00445 e. The van der Waals surface area contributed by atoms with Gasteiger partial charge in [0.25, 0.3) is 0 Å².